The molecule has 1 heterocycles. The van der Waals surface area contributed by atoms with Crippen molar-refractivity contribution < 1.29 is 18.0 Å². The van der Waals surface area contributed by atoms with E-state index < -0.39 is 15.9 Å². The molecule has 1 saturated heterocycles. The fraction of sp³-hybridized carbons (Fsp3) is 0.652. The third-order valence-corrected chi connectivity index (χ3v) is 8.24. The lowest BCUT2D eigenvalue weighted by Gasteiger charge is -2.41. The number of hydrogen-bond acceptors (Lipinski definition) is 5. The van der Waals surface area contributed by atoms with E-state index in [0.717, 1.165) is 56.4 Å². The standard InChI is InChI=1S/C23H35ClN4O4S/c1-4-33(31,32)25-13-22(29)26-21-12-20(24)11-19(17(21)3)15-27-9-10-28(16(2)14-27)23(30)18-7-5-6-8-18/h11-12,16,18,25H,4-10,13-15H2,1-3H3,(H,26,29)/t16-/m0/s1. The van der Waals surface area contributed by atoms with Crippen molar-refractivity contribution in [2.75, 3.05) is 37.2 Å². The van der Waals surface area contributed by atoms with Crippen molar-refractivity contribution >= 4 is 39.1 Å². The first-order valence-corrected chi connectivity index (χ1v) is 13.7. The zero-order chi connectivity index (χ0) is 24.2. The fourth-order valence-electron chi connectivity index (χ4n) is 4.65. The van der Waals surface area contributed by atoms with Crippen LogP contribution in [0.5, 0.6) is 0 Å². The Balaban J connectivity index is 1.61. The van der Waals surface area contributed by atoms with Crippen molar-refractivity contribution in [1.29, 1.82) is 0 Å². The maximum absolute atomic E-state index is 12.9. The fourth-order valence-corrected chi connectivity index (χ4v) is 5.45. The largest absolute Gasteiger partial charge is 0.337 e. The third kappa shape index (κ3) is 6.91. The molecule has 0 spiro atoms. The van der Waals surface area contributed by atoms with Gasteiger partial charge in [-0.15, -0.1) is 0 Å². The van der Waals surface area contributed by atoms with Crippen molar-refractivity contribution in [2.24, 2.45) is 5.92 Å². The maximum atomic E-state index is 12.9. The van der Waals surface area contributed by atoms with Crippen LogP contribution in [0.1, 0.15) is 50.7 Å². The average molecular weight is 499 g/mol. The number of benzene rings is 1. The SMILES string of the molecule is CCS(=O)(=O)NCC(=O)Nc1cc(Cl)cc(CN2CCN(C(=O)C3CCCC3)[C@@H](C)C2)c1C. The number of nitrogens with zero attached hydrogens (tertiary/aromatic N) is 2. The van der Waals surface area contributed by atoms with Crippen molar-refractivity contribution in [2.45, 2.75) is 59.0 Å². The third-order valence-electron chi connectivity index (χ3n) is 6.68. The van der Waals surface area contributed by atoms with Crippen LogP contribution in [0, 0.1) is 12.8 Å². The van der Waals surface area contributed by atoms with Crippen molar-refractivity contribution in [3.05, 3.63) is 28.3 Å². The Labute approximate surface area is 202 Å². The lowest BCUT2D eigenvalue weighted by molar-refractivity contribution is -0.140. The summed E-state index contributed by atoms with van der Waals surface area (Å²) >= 11 is 6.33. The first-order valence-electron chi connectivity index (χ1n) is 11.7. The lowest BCUT2D eigenvalue weighted by atomic mass is 10.0. The molecule has 1 aliphatic heterocycles. The summed E-state index contributed by atoms with van der Waals surface area (Å²) in [5, 5.41) is 3.27. The predicted molar refractivity (Wildman–Crippen MR) is 131 cm³/mol. The molecule has 10 heteroatoms. The molecule has 184 valence electrons. The molecular weight excluding hydrogens is 464 g/mol. The number of carbonyl (C=O) groups excluding carboxylic acids is 2. The number of piperazine rings is 1. The maximum Gasteiger partial charge on any atom is 0.239 e. The summed E-state index contributed by atoms with van der Waals surface area (Å²) in [6.45, 7) is 8.16. The molecule has 1 atom stereocenters. The summed E-state index contributed by atoms with van der Waals surface area (Å²) in [7, 11) is -3.45. The van der Waals surface area contributed by atoms with Gasteiger partial charge in [-0.2, -0.15) is 0 Å². The van der Waals surface area contributed by atoms with E-state index in [1.807, 2.05) is 17.9 Å². The number of nitrogens with one attached hydrogen (secondary N) is 2. The van der Waals surface area contributed by atoms with Crippen molar-refractivity contribution in [3.8, 4) is 0 Å². The molecule has 2 amide bonds. The number of hydrogen-bond donors (Lipinski definition) is 2. The smallest absolute Gasteiger partial charge is 0.239 e. The summed E-state index contributed by atoms with van der Waals surface area (Å²) in [4.78, 5) is 29.5. The minimum Gasteiger partial charge on any atom is -0.337 e. The van der Waals surface area contributed by atoms with Gasteiger partial charge in [-0.1, -0.05) is 24.4 Å². The van der Waals surface area contributed by atoms with Gasteiger partial charge in [0.05, 0.1) is 12.3 Å². The topological polar surface area (TPSA) is 98.8 Å². The van der Waals surface area contributed by atoms with E-state index >= 15 is 0 Å². The van der Waals surface area contributed by atoms with E-state index in [4.69, 9.17) is 11.6 Å². The van der Waals surface area contributed by atoms with Gasteiger partial charge in [-0.25, -0.2) is 13.1 Å². The highest BCUT2D eigenvalue weighted by atomic mass is 35.5. The molecule has 2 N–H and O–H groups in total. The van der Waals surface area contributed by atoms with Crippen LogP contribution in [0.2, 0.25) is 5.02 Å². The van der Waals surface area contributed by atoms with Crippen LogP contribution in [-0.2, 0) is 26.2 Å². The van der Waals surface area contributed by atoms with Crippen LogP contribution in [0.25, 0.3) is 0 Å². The minimum absolute atomic E-state index is 0.0848. The van der Waals surface area contributed by atoms with Gasteiger partial charge in [0, 0.05) is 48.8 Å². The summed E-state index contributed by atoms with van der Waals surface area (Å²) in [5.41, 5.74) is 2.46. The Hall–Kier alpha value is -1.68. The van der Waals surface area contributed by atoms with Gasteiger partial charge in [0.15, 0.2) is 0 Å². The Morgan fingerprint density at radius 2 is 1.88 bits per heavy atom. The van der Waals surface area contributed by atoms with Crippen LogP contribution in [0.15, 0.2) is 12.1 Å². The van der Waals surface area contributed by atoms with Crippen LogP contribution in [0.3, 0.4) is 0 Å². The molecular formula is C23H35ClN4O4S. The van der Waals surface area contributed by atoms with Gasteiger partial charge in [-0.3, -0.25) is 14.5 Å². The van der Waals surface area contributed by atoms with Crippen LogP contribution in [0.4, 0.5) is 5.69 Å². The average Bonchev–Trinajstić information content (AvgIpc) is 3.30. The molecule has 33 heavy (non-hydrogen) atoms. The normalized spacial score (nSPS) is 20.2. The van der Waals surface area contributed by atoms with E-state index in [-0.39, 0.29) is 24.3 Å². The number of anilines is 1. The number of rotatable bonds is 8. The Kier molecular flexibility index (Phi) is 8.77. The molecule has 1 aliphatic carbocycles. The minimum atomic E-state index is -3.45. The number of halogens is 1. The van der Waals surface area contributed by atoms with E-state index in [0.29, 0.717) is 23.2 Å². The quantitative estimate of drug-likeness (QED) is 0.574. The van der Waals surface area contributed by atoms with Crippen molar-refractivity contribution in [3.63, 3.8) is 0 Å². The first kappa shape index (κ1) is 25.9. The van der Waals surface area contributed by atoms with Crippen LogP contribution < -0.4 is 10.0 Å². The highest BCUT2D eigenvalue weighted by molar-refractivity contribution is 7.89. The summed E-state index contributed by atoms with van der Waals surface area (Å²) in [6.07, 6.45) is 4.34. The second kappa shape index (κ2) is 11.2. The zero-order valence-electron chi connectivity index (χ0n) is 19.7. The molecule has 2 fully saturated rings. The Morgan fingerprint density at radius 1 is 1.18 bits per heavy atom. The molecule has 2 aliphatic rings. The van der Waals surface area contributed by atoms with Gasteiger partial charge in [0.1, 0.15) is 0 Å². The molecule has 0 bridgehead atoms. The second-order valence-electron chi connectivity index (χ2n) is 9.11. The number of carbonyl (C=O) groups is 2. The van der Waals surface area contributed by atoms with E-state index in [1.165, 1.54) is 6.92 Å². The monoisotopic (exact) mass is 498 g/mol. The molecule has 0 aromatic heterocycles. The van der Waals surface area contributed by atoms with Gasteiger partial charge in [-0.05, 0) is 56.9 Å². The molecule has 8 nitrogen and oxygen atoms in total. The predicted octanol–water partition coefficient (Wildman–Crippen LogP) is 2.75. The molecule has 0 radical (unpaired) electrons. The van der Waals surface area contributed by atoms with E-state index in [2.05, 4.69) is 21.9 Å². The van der Waals surface area contributed by atoms with Gasteiger partial charge in [0.2, 0.25) is 21.8 Å². The molecule has 1 aromatic carbocycles. The highest BCUT2D eigenvalue weighted by Gasteiger charge is 2.33. The number of sulfonamides is 1. The van der Waals surface area contributed by atoms with Crippen molar-refractivity contribution in [1.82, 2.24) is 14.5 Å². The Bertz CT molecular complexity index is 979. The summed E-state index contributed by atoms with van der Waals surface area (Å²) in [6, 6.07) is 3.72. The van der Waals surface area contributed by atoms with Gasteiger partial charge < -0.3 is 10.2 Å². The van der Waals surface area contributed by atoms with Gasteiger partial charge >= 0.3 is 0 Å². The summed E-state index contributed by atoms with van der Waals surface area (Å²) < 4.78 is 25.4. The summed E-state index contributed by atoms with van der Waals surface area (Å²) in [5.74, 6) is -0.0288. The van der Waals surface area contributed by atoms with Crippen LogP contribution in [-0.4, -0.2) is 68.0 Å². The Morgan fingerprint density at radius 3 is 2.52 bits per heavy atom. The highest BCUT2D eigenvalue weighted by Crippen LogP contribution is 2.29. The molecule has 1 aromatic rings. The first-order chi connectivity index (χ1) is 15.6. The van der Waals surface area contributed by atoms with E-state index in [1.54, 1.807) is 6.07 Å². The van der Waals surface area contributed by atoms with Gasteiger partial charge in [0.25, 0.3) is 0 Å². The van der Waals surface area contributed by atoms with E-state index in [9.17, 15) is 18.0 Å². The molecule has 0 unspecified atom stereocenters. The molecule has 1 saturated carbocycles. The zero-order valence-corrected chi connectivity index (χ0v) is 21.3. The lowest BCUT2D eigenvalue weighted by Crippen LogP contribution is -2.54. The second-order valence-corrected chi connectivity index (χ2v) is 11.6. The van der Waals surface area contributed by atoms with Crippen LogP contribution >= 0.6 is 11.6 Å². The number of amides is 2. The molecule has 3 rings (SSSR count).